The fraction of sp³-hybridized carbons (Fsp3) is 0.100. The molecule has 0 aliphatic rings. The van der Waals surface area contributed by atoms with Gasteiger partial charge in [0.05, 0.1) is 12.8 Å². The highest BCUT2D eigenvalue weighted by molar-refractivity contribution is 5.58. The van der Waals surface area contributed by atoms with E-state index in [1.54, 1.807) is 25.3 Å². The van der Waals surface area contributed by atoms with Crippen LogP contribution in [0, 0.1) is 0 Å². The number of benzene rings is 3. The van der Waals surface area contributed by atoms with Gasteiger partial charge in [0.1, 0.15) is 12.4 Å². The molecular weight excluding hydrogens is 302 g/mol. The van der Waals surface area contributed by atoms with Crippen LogP contribution in [0.15, 0.2) is 72.8 Å². The maximum Gasteiger partial charge on any atom is 0.169 e. The molecule has 122 valence electrons. The van der Waals surface area contributed by atoms with Crippen molar-refractivity contribution in [3.8, 4) is 23.0 Å². The number of hydrogen-bond acceptors (Lipinski definition) is 4. The standard InChI is InChI=1S/C20H19NO3/c1-22-16-11-12-18(17(21)13-16)24-20-10-6-5-9-19(20)23-14-15-7-3-2-4-8-15/h2-13H,14,21H2,1H3. The minimum absolute atomic E-state index is 0.472. The zero-order valence-electron chi connectivity index (χ0n) is 13.4. The van der Waals surface area contributed by atoms with Crippen molar-refractivity contribution >= 4 is 5.69 Å². The monoisotopic (exact) mass is 321 g/mol. The number of rotatable bonds is 6. The zero-order valence-corrected chi connectivity index (χ0v) is 13.4. The summed E-state index contributed by atoms with van der Waals surface area (Å²) in [5.41, 5.74) is 7.61. The van der Waals surface area contributed by atoms with Crippen LogP contribution in [0.1, 0.15) is 5.56 Å². The Labute approximate surface area is 141 Å². The molecule has 0 saturated heterocycles. The van der Waals surface area contributed by atoms with Gasteiger partial charge in [0, 0.05) is 6.07 Å². The summed E-state index contributed by atoms with van der Waals surface area (Å²) >= 11 is 0. The number of nitrogens with two attached hydrogens (primary N) is 1. The molecule has 0 radical (unpaired) electrons. The van der Waals surface area contributed by atoms with Gasteiger partial charge in [-0.15, -0.1) is 0 Å². The van der Waals surface area contributed by atoms with Crippen molar-refractivity contribution in [3.05, 3.63) is 78.4 Å². The third-order valence-corrected chi connectivity index (χ3v) is 3.52. The summed E-state index contributed by atoms with van der Waals surface area (Å²) < 4.78 is 17.0. The molecule has 0 amide bonds. The van der Waals surface area contributed by atoms with E-state index < -0.39 is 0 Å². The topological polar surface area (TPSA) is 53.7 Å². The molecule has 0 aromatic heterocycles. The van der Waals surface area contributed by atoms with Crippen LogP contribution in [0.25, 0.3) is 0 Å². The zero-order chi connectivity index (χ0) is 16.8. The van der Waals surface area contributed by atoms with Crippen LogP contribution in [0.2, 0.25) is 0 Å². The molecule has 3 aromatic rings. The summed E-state index contributed by atoms with van der Waals surface area (Å²) in [5, 5.41) is 0. The van der Waals surface area contributed by atoms with Crippen molar-refractivity contribution in [1.82, 2.24) is 0 Å². The Bertz CT molecular complexity index is 803. The van der Waals surface area contributed by atoms with E-state index in [1.165, 1.54) is 0 Å². The van der Waals surface area contributed by atoms with E-state index in [1.807, 2.05) is 54.6 Å². The maximum atomic E-state index is 6.01. The Morgan fingerprint density at radius 3 is 2.21 bits per heavy atom. The molecule has 2 N–H and O–H groups in total. The predicted molar refractivity (Wildman–Crippen MR) is 94.7 cm³/mol. The molecule has 4 heteroatoms. The van der Waals surface area contributed by atoms with Gasteiger partial charge >= 0.3 is 0 Å². The predicted octanol–water partition coefficient (Wildman–Crippen LogP) is 4.65. The molecule has 0 unspecified atom stereocenters. The summed E-state index contributed by atoms with van der Waals surface area (Å²) in [7, 11) is 1.60. The molecule has 0 bridgehead atoms. The highest BCUT2D eigenvalue weighted by atomic mass is 16.5. The molecule has 3 rings (SSSR count). The minimum Gasteiger partial charge on any atom is -0.497 e. The molecular formula is C20H19NO3. The lowest BCUT2D eigenvalue weighted by Crippen LogP contribution is -1.98. The lowest BCUT2D eigenvalue weighted by Gasteiger charge is -2.14. The maximum absolute atomic E-state index is 6.01. The summed E-state index contributed by atoms with van der Waals surface area (Å²) in [4.78, 5) is 0. The number of methoxy groups -OCH3 is 1. The van der Waals surface area contributed by atoms with Gasteiger partial charge in [-0.25, -0.2) is 0 Å². The first-order valence-electron chi connectivity index (χ1n) is 7.63. The lowest BCUT2D eigenvalue weighted by molar-refractivity contribution is 0.291. The normalized spacial score (nSPS) is 10.2. The van der Waals surface area contributed by atoms with Crippen molar-refractivity contribution in [3.63, 3.8) is 0 Å². The van der Waals surface area contributed by atoms with E-state index in [9.17, 15) is 0 Å². The first-order chi connectivity index (χ1) is 11.8. The van der Waals surface area contributed by atoms with Crippen LogP contribution in [0.3, 0.4) is 0 Å². The van der Waals surface area contributed by atoms with E-state index in [4.69, 9.17) is 19.9 Å². The number of para-hydroxylation sites is 2. The molecule has 0 aliphatic heterocycles. The Hall–Kier alpha value is -3.14. The van der Waals surface area contributed by atoms with E-state index in [0.29, 0.717) is 35.3 Å². The van der Waals surface area contributed by atoms with E-state index in [0.717, 1.165) is 5.56 Å². The largest absolute Gasteiger partial charge is 0.497 e. The van der Waals surface area contributed by atoms with Gasteiger partial charge in [-0.05, 0) is 29.8 Å². The van der Waals surface area contributed by atoms with Crippen LogP contribution in [0.4, 0.5) is 5.69 Å². The minimum atomic E-state index is 0.472. The third-order valence-electron chi connectivity index (χ3n) is 3.52. The summed E-state index contributed by atoms with van der Waals surface area (Å²) in [6.45, 7) is 0.472. The first kappa shape index (κ1) is 15.7. The van der Waals surface area contributed by atoms with Gasteiger partial charge in [-0.2, -0.15) is 0 Å². The molecule has 0 spiro atoms. The van der Waals surface area contributed by atoms with Crippen molar-refractivity contribution in [1.29, 1.82) is 0 Å². The second-order valence-electron chi connectivity index (χ2n) is 5.23. The van der Waals surface area contributed by atoms with Gasteiger partial charge in [0.2, 0.25) is 0 Å². The van der Waals surface area contributed by atoms with E-state index in [-0.39, 0.29) is 0 Å². The van der Waals surface area contributed by atoms with Crippen LogP contribution in [-0.2, 0) is 6.61 Å². The quantitative estimate of drug-likeness (QED) is 0.672. The van der Waals surface area contributed by atoms with Gasteiger partial charge in [0.25, 0.3) is 0 Å². The lowest BCUT2D eigenvalue weighted by atomic mass is 10.2. The van der Waals surface area contributed by atoms with Crippen molar-refractivity contribution < 1.29 is 14.2 Å². The smallest absolute Gasteiger partial charge is 0.169 e. The second-order valence-corrected chi connectivity index (χ2v) is 5.23. The van der Waals surface area contributed by atoms with Crippen LogP contribution >= 0.6 is 0 Å². The number of hydrogen-bond donors (Lipinski definition) is 1. The Balaban J connectivity index is 1.77. The first-order valence-corrected chi connectivity index (χ1v) is 7.63. The highest BCUT2D eigenvalue weighted by Gasteiger charge is 2.09. The highest BCUT2D eigenvalue weighted by Crippen LogP contribution is 2.35. The van der Waals surface area contributed by atoms with Crippen molar-refractivity contribution in [2.45, 2.75) is 6.61 Å². The number of ether oxygens (including phenoxy) is 3. The summed E-state index contributed by atoms with van der Waals surface area (Å²) in [5.74, 6) is 2.53. The van der Waals surface area contributed by atoms with Gasteiger partial charge < -0.3 is 19.9 Å². The van der Waals surface area contributed by atoms with Gasteiger partial charge in [0.15, 0.2) is 17.2 Å². The van der Waals surface area contributed by atoms with Crippen molar-refractivity contribution in [2.24, 2.45) is 0 Å². The molecule has 0 heterocycles. The van der Waals surface area contributed by atoms with E-state index >= 15 is 0 Å². The molecule has 24 heavy (non-hydrogen) atoms. The molecule has 0 aliphatic carbocycles. The summed E-state index contributed by atoms with van der Waals surface area (Å²) in [6.07, 6.45) is 0. The molecule has 0 fully saturated rings. The molecule has 3 aromatic carbocycles. The molecule has 4 nitrogen and oxygen atoms in total. The second kappa shape index (κ2) is 7.42. The number of anilines is 1. The summed E-state index contributed by atoms with van der Waals surface area (Å²) in [6, 6.07) is 22.8. The van der Waals surface area contributed by atoms with Crippen LogP contribution in [-0.4, -0.2) is 7.11 Å². The van der Waals surface area contributed by atoms with Gasteiger partial charge in [-0.1, -0.05) is 42.5 Å². The average Bonchev–Trinajstić information content (AvgIpc) is 2.63. The number of nitrogen functional groups attached to an aromatic ring is 1. The Morgan fingerprint density at radius 1 is 0.792 bits per heavy atom. The SMILES string of the molecule is COc1ccc(Oc2ccccc2OCc2ccccc2)c(N)c1. The van der Waals surface area contributed by atoms with Crippen molar-refractivity contribution in [2.75, 3.05) is 12.8 Å². The van der Waals surface area contributed by atoms with E-state index in [2.05, 4.69) is 0 Å². The van der Waals surface area contributed by atoms with Crippen LogP contribution in [0.5, 0.6) is 23.0 Å². The van der Waals surface area contributed by atoms with Crippen LogP contribution < -0.4 is 19.9 Å². The molecule has 0 atom stereocenters. The Morgan fingerprint density at radius 2 is 1.50 bits per heavy atom. The fourth-order valence-electron chi connectivity index (χ4n) is 2.25. The molecule has 0 saturated carbocycles. The van der Waals surface area contributed by atoms with Gasteiger partial charge in [-0.3, -0.25) is 0 Å². The third kappa shape index (κ3) is 3.79. The average molecular weight is 321 g/mol. The fourth-order valence-corrected chi connectivity index (χ4v) is 2.25. The Kier molecular flexibility index (Phi) is 4.87.